The van der Waals surface area contributed by atoms with Gasteiger partial charge in [0.05, 0.1) is 5.92 Å². The first-order valence-corrected chi connectivity index (χ1v) is 9.65. The summed E-state index contributed by atoms with van der Waals surface area (Å²) >= 11 is 0. The van der Waals surface area contributed by atoms with Crippen LogP contribution in [0.15, 0.2) is 30.3 Å². The average Bonchev–Trinajstić information content (AvgIpc) is 3.11. The van der Waals surface area contributed by atoms with Gasteiger partial charge in [0.1, 0.15) is 0 Å². The molecule has 2 aliphatic rings. The molecule has 3 N–H and O–H groups in total. The van der Waals surface area contributed by atoms with Gasteiger partial charge in [-0.3, -0.25) is 9.69 Å². The van der Waals surface area contributed by atoms with Crippen molar-refractivity contribution in [1.82, 2.24) is 15.5 Å². The Hall–Kier alpha value is -2.08. The number of nitrogens with zero attached hydrogens (tertiary/aromatic N) is 1. The normalized spacial score (nSPS) is 24.3. The van der Waals surface area contributed by atoms with Crippen LogP contribution < -0.4 is 10.6 Å². The molecule has 6 nitrogen and oxygen atoms in total. The number of carboxylic acids is 1. The van der Waals surface area contributed by atoms with Gasteiger partial charge in [0.25, 0.3) is 0 Å². The van der Waals surface area contributed by atoms with E-state index in [0.717, 1.165) is 51.7 Å². The second-order valence-corrected chi connectivity index (χ2v) is 7.53. The van der Waals surface area contributed by atoms with Gasteiger partial charge >= 0.3 is 12.0 Å². The van der Waals surface area contributed by atoms with Crippen LogP contribution in [0.4, 0.5) is 4.79 Å². The zero-order chi connectivity index (χ0) is 18.4. The number of likely N-dealkylation sites (tertiary alicyclic amines) is 1. The second-order valence-electron chi connectivity index (χ2n) is 7.53. The second kappa shape index (κ2) is 9.03. The van der Waals surface area contributed by atoms with E-state index in [2.05, 4.69) is 39.8 Å². The number of carbonyl (C=O) groups excluding carboxylic acids is 1. The maximum Gasteiger partial charge on any atom is 0.315 e. The Morgan fingerprint density at radius 2 is 1.81 bits per heavy atom. The molecule has 1 aromatic carbocycles. The van der Waals surface area contributed by atoms with Crippen molar-refractivity contribution in [3.05, 3.63) is 35.9 Å². The number of hydrogen-bond acceptors (Lipinski definition) is 3. The van der Waals surface area contributed by atoms with Gasteiger partial charge < -0.3 is 15.7 Å². The summed E-state index contributed by atoms with van der Waals surface area (Å²) in [4.78, 5) is 25.8. The highest BCUT2D eigenvalue weighted by Gasteiger charge is 2.33. The Morgan fingerprint density at radius 1 is 1.08 bits per heavy atom. The molecule has 1 saturated heterocycles. The molecule has 0 radical (unpaired) electrons. The Bertz CT molecular complexity index is 600. The SMILES string of the molecule is O=C(NCC1CCCC1C(=O)O)NC1CCN(Cc2ccccc2)CC1. The van der Waals surface area contributed by atoms with Crippen molar-refractivity contribution >= 4 is 12.0 Å². The van der Waals surface area contributed by atoms with Gasteiger partial charge in [-0.05, 0) is 37.2 Å². The van der Waals surface area contributed by atoms with E-state index in [9.17, 15) is 14.7 Å². The fourth-order valence-electron chi connectivity index (χ4n) is 4.14. The third kappa shape index (κ3) is 5.21. The minimum Gasteiger partial charge on any atom is -0.481 e. The molecule has 142 valence electrons. The van der Waals surface area contributed by atoms with Crippen LogP contribution in [-0.2, 0) is 11.3 Å². The van der Waals surface area contributed by atoms with Crippen molar-refractivity contribution in [2.24, 2.45) is 11.8 Å². The number of hydrogen-bond donors (Lipinski definition) is 3. The molecule has 0 bridgehead atoms. The van der Waals surface area contributed by atoms with E-state index in [0.29, 0.717) is 6.54 Å². The standard InChI is InChI=1S/C20H29N3O3/c24-19(25)18-8-4-7-16(18)13-21-20(26)22-17-9-11-23(12-10-17)14-15-5-2-1-3-6-15/h1-3,5-6,16-18H,4,7-14H2,(H,24,25)(H2,21,22,26). The fraction of sp³-hybridized carbons (Fsp3) is 0.600. The average molecular weight is 359 g/mol. The zero-order valence-corrected chi connectivity index (χ0v) is 15.2. The molecule has 0 aromatic heterocycles. The number of amides is 2. The number of nitrogens with one attached hydrogen (secondary N) is 2. The predicted octanol–water partition coefficient (Wildman–Crippen LogP) is 2.45. The number of carboxylic acid groups (broad SMARTS) is 1. The molecule has 1 heterocycles. The van der Waals surface area contributed by atoms with Crippen LogP contribution in [0.25, 0.3) is 0 Å². The van der Waals surface area contributed by atoms with Gasteiger partial charge in [0.2, 0.25) is 0 Å². The number of carbonyl (C=O) groups is 2. The third-order valence-electron chi connectivity index (χ3n) is 5.67. The minimum atomic E-state index is -0.736. The Labute approximate surface area is 155 Å². The number of piperidine rings is 1. The van der Waals surface area contributed by atoms with E-state index >= 15 is 0 Å². The Morgan fingerprint density at radius 3 is 2.50 bits per heavy atom. The predicted molar refractivity (Wildman–Crippen MR) is 99.7 cm³/mol. The van der Waals surface area contributed by atoms with Crippen LogP contribution in [-0.4, -0.2) is 47.7 Å². The van der Waals surface area contributed by atoms with Gasteiger partial charge in [-0.25, -0.2) is 4.79 Å². The lowest BCUT2D eigenvalue weighted by Gasteiger charge is -2.32. The molecule has 1 aliphatic carbocycles. The van der Waals surface area contributed by atoms with E-state index in [1.54, 1.807) is 0 Å². The zero-order valence-electron chi connectivity index (χ0n) is 15.2. The molecule has 1 aliphatic heterocycles. The van der Waals surface area contributed by atoms with Crippen LogP contribution in [0.3, 0.4) is 0 Å². The summed E-state index contributed by atoms with van der Waals surface area (Å²) in [5.41, 5.74) is 1.32. The molecule has 2 atom stereocenters. The first-order chi connectivity index (χ1) is 12.6. The molecule has 1 aromatic rings. The monoisotopic (exact) mass is 359 g/mol. The third-order valence-corrected chi connectivity index (χ3v) is 5.67. The highest BCUT2D eigenvalue weighted by Crippen LogP contribution is 2.31. The summed E-state index contributed by atoms with van der Waals surface area (Å²) < 4.78 is 0. The van der Waals surface area contributed by atoms with Crippen molar-refractivity contribution in [2.75, 3.05) is 19.6 Å². The van der Waals surface area contributed by atoms with Crippen molar-refractivity contribution in [3.8, 4) is 0 Å². The summed E-state index contributed by atoms with van der Waals surface area (Å²) in [6, 6.07) is 10.5. The molecular formula is C20H29N3O3. The molecule has 2 amide bonds. The molecule has 0 spiro atoms. The summed E-state index contributed by atoms with van der Waals surface area (Å²) in [6.45, 7) is 3.36. The van der Waals surface area contributed by atoms with Crippen molar-refractivity contribution in [2.45, 2.75) is 44.7 Å². The molecule has 1 saturated carbocycles. The summed E-state index contributed by atoms with van der Waals surface area (Å²) in [5, 5.41) is 15.1. The van der Waals surface area contributed by atoms with E-state index in [-0.39, 0.29) is 23.9 Å². The first kappa shape index (κ1) is 18.7. The number of urea groups is 1. The Balaban J connectivity index is 1.35. The van der Waals surface area contributed by atoms with Gasteiger partial charge in [-0.15, -0.1) is 0 Å². The quantitative estimate of drug-likeness (QED) is 0.729. The van der Waals surface area contributed by atoms with Crippen LogP contribution in [0.5, 0.6) is 0 Å². The van der Waals surface area contributed by atoms with Gasteiger partial charge in [0.15, 0.2) is 0 Å². The maximum atomic E-state index is 12.1. The summed E-state index contributed by atoms with van der Waals surface area (Å²) in [7, 11) is 0. The van der Waals surface area contributed by atoms with Crippen molar-refractivity contribution in [1.29, 1.82) is 0 Å². The lowest BCUT2D eigenvalue weighted by atomic mass is 9.96. The molecule has 2 unspecified atom stereocenters. The number of aliphatic carboxylic acids is 1. The molecule has 6 heteroatoms. The van der Waals surface area contributed by atoms with Crippen LogP contribution in [0, 0.1) is 11.8 Å². The lowest BCUT2D eigenvalue weighted by Crippen LogP contribution is -2.48. The smallest absolute Gasteiger partial charge is 0.315 e. The Kier molecular flexibility index (Phi) is 6.50. The molecule has 26 heavy (non-hydrogen) atoms. The molecule has 2 fully saturated rings. The minimum absolute atomic E-state index is 0.0611. The van der Waals surface area contributed by atoms with Crippen LogP contribution in [0.2, 0.25) is 0 Å². The van der Waals surface area contributed by atoms with E-state index in [1.165, 1.54) is 5.56 Å². The van der Waals surface area contributed by atoms with E-state index < -0.39 is 5.97 Å². The summed E-state index contributed by atoms with van der Waals surface area (Å²) in [6.07, 6.45) is 4.44. The summed E-state index contributed by atoms with van der Waals surface area (Å²) in [5.74, 6) is -0.983. The first-order valence-electron chi connectivity index (χ1n) is 9.65. The van der Waals surface area contributed by atoms with Crippen molar-refractivity contribution < 1.29 is 14.7 Å². The van der Waals surface area contributed by atoms with E-state index in [4.69, 9.17) is 0 Å². The van der Waals surface area contributed by atoms with Gasteiger partial charge in [-0.1, -0.05) is 36.8 Å². The van der Waals surface area contributed by atoms with Crippen LogP contribution in [0.1, 0.15) is 37.7 Å². The lowest BCUT2D eigenvalue weighted by molar-refractivity contribution is -0.142. The van der Waals surface area contributed by atoms with Crippen LogP contribution >= 0.6 is 0 Å². The number of benzene rings is 1. The number of rotatable bonds is 6. The topological polar surface area (TPSA) is 81.7 Å². The highest BCUT2D eigenvalue weighted by atomic mass is 16.4. The highest BCUT2D eigenvalue weighted by molar-refractivity contribution is 5.74. The van der Waals surface area contributed by atoms with Gasteiger partial charge in [-0.2, -0.15) is 0 Å². The molecular weight excluding hydrogens is 330 g/mol. The fourth-order valence-corrected chi connectivity index (χ4v) is 4.14. The maximum absolute atomic E-state index is 12.1. The molecule has 3 rings (SSSR count). The van der Waals surface area contributed by atoms with Crippen molar-refractivity contribution in [3.63, 3.8) is 0 Å². The largest absolute Gasteiger partial charge is 0.481 e. The van der Waals surface area contributed by atoms with E-state index in [1.807, 2.05) is 6.07 Å². The van der Waals surface area contributed by atoms with Gasteiger partial charge in [0, 0.05) is 32.2 Å².